The van der Waals surface area contributed by atoms with Gasteiger partial charge in [0.05, 0.1) is 32.1 Å². The molecule has 4 unspecified atom stereocenters. The molecule has 4 aromatic carbocycles. The highest BCUT2D eigenvalue weighted by Crippen LogP contribution is 2.59. The Morgan fingerprint density at radius 3 is 1.33 bits per heavy atom. The van der Waals surface area contributed by atoms with Crippen molar-refractivity contribution in [3.05, 3.63) is 117 Å². The van der Waals surface area contributed by atoms with Crippen LogP contribution in [0.3, 0.4) is 0 Å². The van der Waals surface area contributed by atoms with Gasteiger partial charge in [-0.25, -0.2) is 27.5 Å². The van der Waals surface area contributed by atoms with Crippen molar-refractivity contribution < 1.29 is 36.6 Å². The molecule has 0 saturated heterocycles. The minimum absolute atomic E-state index is 0.0108. The van der Waals surface area contributed by atoms with Crippen LogP contribution in [0, 0.1) is 35.1 Å². The number of ether oxygens (including phenoxy) is 2. The number of carbonyl (C=O) groups is 2. The molecule has 4 saturated carbocycles. The van der Waals surface area contributed by atoms with Gasteiger partial charge in [-0.1, -0.05) is 124 Å². The van der Waals surface area contributed by atoms with Gasteiger partial charge >= 0.3 is 0 Å². The van der Waals surface area contributed by atoms with E-state index in [-0.39, 0.29) is 56.6 Å². The summed E-state index contributed by atoms with van der Waals surface area (Å²) in [6, 6.07) is 15.2. The van der Waals surface area contributed by atoms with E-state index in [1.807, 2.05) is 0 Å². The summed E-state index contributed by atoms with van der Waals surface area (Å²) in [6.45, 7) is 3.46. The van der Waals surface area contributed by atoms with Crippen molar-refractivity contribution in [2.24, 2.45) is 11.8 Å². The van der Waals surface area contributed by atoms with Crippen LogP contribution in [-0.4, -0.2) is 43.0 Å². The number of hydrogen-bond acceptors (Lipinski definition) is 6. The summed E-state index contributed by atoms with van der Waals surface area (Å²) < 4.78 is 82.0. The van der Waals surface area contributed by atoms with Crippen LogP contribution in [0.1, 0.15) is 166 Å². The molecule has 17 heteroatoms. The van der Waals surface area contributed by atoms with E-state index in [0.29, 0.717) is 92.8 Å². The Labute approximate surface area is 450 Å². The summed E-state index contributed by atoms with van der Waals surface area (Å²) in [6.07, 6.45) is 11.8. The van der Waals surface area contributed by atoms with Crippen molar-refractivity contribution in [2.45, 2.75) is 178 Å². The van der Waals surface area contributed by atoms with Crippen LogP contribution >= 0.6 is 34.8 Å². The van der Waals surface area contributed by atoms with E-state index in [9.17, 15) is 0 Å². The summed E-state index contributed by atoms with van der Waals surface area (Å²) in [5.41, 5.74) is -4.26. The molecule has 4 atom stereocenters. The van der Waals surface area contributed by atoms with Gasteiger partial charge in [0.1, 0.15) is 11.5 Å². The predicted octanol–water partition coefficient (Wildman–Crippen LogP) is 15.3. The summed E-state index contributed by atoms with van der Waals surface area (Å²) >= 11 is 20.0. The Morgan fingerprint density at radius 1 is 0.533 bits per heavy atom. The quantitative estimate of drug-likeness (QED) is 0.0991. The zero-order chi connectivity index (χ0) is 52.6. The maximum absolute atomic E-state index is 17.6. The van der Waals surface area contributed by atoms with E-state index in [2.05, 4.69) is 10.6 Å². The predicted molar refractivity (Wildman–Crippen MR) is 284 cm³/mol. The Hall–Kier alpha value is -5.05. The average Bonchev–Trinajstić information content (AvgIpc) is 3.99. The number of hydrogen-bond donors (Lipinski definition) is 2. The molecule has 2 aromatic heterocycles. The van der Waals surface area contributed by atoms with Crippen molar-refractivity contribution in [3.63, 3.8) is 0 Å². The molecule has 0 bridgehead atoms. The van der Waals surface area contributed by atoms with Crippen molar-refractivity contribution in [3.8, 4) is 11.5 Å². The van der Waals surface area contributed by atoms with Crippen LogP contribution in [0.2, 0.25) is 15.1 Å². The van der Waals surface area contributed by atoms with Gasteiger partial charge in [0.25, 0.3) is 0 Å². The molecule has 10 rings (SSSR count). The van der Waals surface area contributed by atoms with Gasteiger partial charge in [-0.3, -0.25) is 9.59 Å². The van der Waals surface area contributed by atoms with Gasteiger partial charge in [0.15, 0.2) is 58.2 Å². The number of benzene rings is 4. The number of rotatable bonds is 15. The molecule has 10 nitrogen and oxygen atoms in total. The molecule has 75 heavy (non-hydrogen) atoms. The van der Waals surface area contributed by atoms with Gasteiger partial charge in [-0.2, -0.15) is 0 Å². The van der Waals surface area contributed by atoms with Crippen LogP contribution in [0.25, 0.3) is 22.1 Å². The normalized spacial score (nSPS) is 20.1. The second-order valence-electron chi connectivity index (χ2n) is 21.5. The van der Waals surface area contributed by atoms with E-state index < -0.39 is 70.2 Å². The fourth-order valence-corrected chi connectivity index (χ4v) is 14.1. The molecule has 400 valence electrons. The first-order valence-corrected chi connectivity index (χ1v) is 28.3. The SMILES string of the molecule is CC(Oc1ccccc1Cl)c1nc2cc(F)c(F)cc2n1C(C(=O)NC1CCCCC1)(C1CCCCC1)C(C(=O)NC1CCCCC1)(C1CCCCC1)n1c(C(C)Oc2ccc(Cl)cc2Cl)nc2cc(F)c(F)cc21. The highest BCUT2D eigenvalue weighted by atomic mass is 35.5. The fraction of sp³-hybridized carbons (Fsp3) is 0.517. The maximum atomic E-state index is 17.6. The van der Waals surface area contributed by atoms with Gasteiger partial charge in [-0.05, 0) is 107 Å². The monoisotopic (exact) mass is 1090 g/mol. The van der Waals surface area contributed by atoms with Gasteiger partial charge in [-0.15, -0.1) is 0 Å². The lowest BCUT2D eigenvalue weighted by Crippen LogP contribution is -2.76. The zero-order valence-electron chi connectivity index (χ0n) is 42.5. The summed E-state index contributed by atoms with van der Waals surface area (Å²) in [5, 5.41) is 7.98. The standard InChI is InChI=1S/C58H65Cl3F4N6O4/c1-34(74-51-26-16-15-25-41(51)60)53-68-47-30-43(62)45(64)32-49(47)70(53)57(36-17-7-3-8-18-36,55(72)66-39-21-11-5-12-22-39)58(37-19-9-4-10-20-37,56(73)67-40-23-13-6-14-24-40)71-50-33-46(65)44(63)31-48(50)69-54(71)35(2)75-52-28-27-38(59)29-42(52)61/h15-16,25-37,39-40H,3-14,17-24H2,1-2H3,(H,66,72)(H,67,73). The van der Waals surface area contributed by atoms with E-state index in [1.165, 1.54) is 6.07 Å². The molecule has 6 aromatic rings. The van der Waals surface area contributed by atoms with E-state index in [0.717, 1.165) is 75.6 Å². The molecular weight excluding hydrogens is 1030 g/mol. The van der Waals surface area contributed by atoms with Crippen molar-refractivity contribution in [1.82, 2.24) is 29.7 Å². The molecule has 2 heterocycles. The Bertz CT molecular complexity index is 3060. The Morgan fingerprint density at radius 2 is 0.920 bits per heavy atom. The Kier molecular flexibility index (Phi) is 16.0. The molecule has 2 amide bonds. The van der Waals surface area contributed by atoms with Gasteiger partial charge < -0.3 is 29.2 Å². The summed E-state index contributed by atoms with van der Waals surface area (Å²) in [7, 11) is 0. The topological polar surface area (TPSA) is 112 Å². The molecule has 4 aliphatic rings. The lowest BCUT2D eigenvalue weighted by atomic mass is 9.55. The molecule has 0 aliphatic heterocycles. The minimum Gasteiger partial charge on any atom is -0.481 e. The molecule has 0 radical (unpaired) electrons. The second kappa shape index (κ2) is 22.5. The number of imidazole rings is 2. The Balaban J connectivity index is 1.41. The fourth-order valence-electron chi connectivity index (χ4n) is 13.4. The largest absolute Gasteiger partial charge is 0.481 e. The molecule has 4 fully saturated rings. The third-order valence-corrected chi connectivity index (χ3v) is 17.6. The maximum Gasteiger partial charge on any atom is 0.249 e. The number of carbonyl (C=O) groups excluding carboxylic acids is 2. The second-order valence-corrected chi connectivity index (χ2v) is 22.7. The van der Waals surface area contributed by atoms with Crippen molar-refractivity contribution in [1.29, 1.82) is 0 Å². The first kappa shape index (κ1) is 53.4. The molecule has 0 spiro atoms. The zero-order valence-corrected chi connectivity index (χ0v) is 44.8. The molecular formula is C58H65Cl3F4N6O4. The van der Waals surface area contributed by atoms with Crippen LogP contribution in [0.15, 0.2) is 66.7 Å². The van der Waals surface area contributed by atoms with Gasteiger partial charge in [0, 0.05) is 41.4 Å². The third-order valence-electron chi connectivity index (χ3n) is 16.8. The minimum atomic E-state index is -2.20. The lowest BCUT2D eigenvalue weighted by molar-refractivity contribution is -0.165. The first-order chi connectivity index (χ1) is 36.2. The first-order valence-electron chi connectivity index (χ1n) is 27.1. The lowest BCUT2D eigenvalue weighted by Gasteiger charge is -2.59. The number of nitrogens with one attached hydrogen (secondary N) is 2. The van der Waals surface area contributed by atoms with Crippen LogP contribution in [0.5, 0.6) is 11.5 Å². The van der Waals surface area contributed by atoms with Crippen LogP contribution in [-0.2, 0) is 20.7 Å². The molecule has 4 aliphatic carbocycles. The van der Waals surface area contributed by atoms with Crippen molar-refractivity contribution in [2.75, 3.05) is 0 Å². The summed E-state index contributed by atoms with van der Waals surface area (Å²) in [5.74, 6) is -6.53. The average molecular weight is 1090 g/mol. The number of halogens is 7. The van der Waals surface area contributed by atoms with Crippen LogP contribution in [0.4, 0.5) is 17.6 Å². The van der Waals surface area contributed by atoms with Crippen LogP contribution < -0.4 is 20.1 Å². The van der Waals surface area contributed by atoms with E-state index in [4.69, 9.17) is 54.2 Å². The van der Waals surface area contributed by atoms with Gasteiger partial charge in [0.2, 0.25) is 11.8 Å². The summed E-state index contributed by atoms with van der Waals surface area (Å²) in [4.78, 5) is 45.5. The van der Waals surface area contributed by atoms with E-state index >= 15 is 27.2 Å². The highest BCUT2D eigenvalue weighted by Gasteiger charge is 2.71. The number of nitrogens with zero attached hydrogens (tertiary/aromatic N) is 4. The molecule has 2 N–H and O–H groups in total. The number of fused-ring (bicyclic) bond motifs is 2. The number of amides is 2. The van der Waals surface area contributed by atoms with Crippen molar-refractivity contribution >= 4 is 68.7 Å². The highest BCUT2D eigenvalue weighted by molar-refractivity contribution is 6.35. The number of para-hydroxylation sites is 1. The smallest absolute Gasteiger partial charge is 0.249 e. The third kappa shape index (κ3) is 9.98. The van der Waals surface area contributed by atoms with E-state index in [1.54, 1.807) is 59.4 Å². The number of aromatic nitrogens is 4.